The fourth-order valence-electron chi connectivity index (χ4n) is 11.3. The van der Waals surface area contributed by atoms with Crippen molar-refractivity contribution < 1.29 is 37.4 Å². The number of anilines is 2. The van der Waals surface area contributed by atoms with Gasteiger partial charge in [-0.3, -0.25) is 28.8 Å². The van der Waals surface area contributed by atoms with Gasteiger partial charge in [0.05, 0.1) is 47.9 Å². The quantitative estimate of drug-likeness (QED) is 0.0382. The van der Waals surface area contributed by atoms with E-state index in [1.54, 1.807) is 100 Å². The highest BCUT2D eigenvalue weighted by Gasteiger charge is 2.45. The standard InChI is InChI=1S/C67H76F2N14O8/c1-38(70-9)60(84)72-56(64(88)80-36-66(5,6)58-54(80)30-46(62(86)74-58)28-44-11-19-48(68)20-12-44)40(3)82-32-50(76-78-82)34-90-52-23-15-42(16-24-52)27-43-17-25-53(26-18-43)91-35-51-33-83(79-77-51)41(4)57(73-61(85)39(2)71-10)65(89)81-37-67(7,8)59-55(81)31-47(63(87)75-59)29-45-13-21-49(69)22-14-45/h11-26,30-33,38-41,56-57,70-71H,27-29,34-37H2,1-10H3,(H,72,84)(H,73,85)(H,74,86)(H,75,87)/t38-,39-,40-,41-,56-,57-/m0/s1. The number of rotatable bonds is 24. The monoisotopic (exact) mass is 1240 g/mol. The number of H-pyrrole nitrogens is 2. The van der Waals surface area contributed by atoms with Crippen molar-refractivity contribution in [3.05, 3.63) is 210 Å². The summed E-state index contributed by atoms with van der Waals surface area (Å²) in [6.45, 7) is 15.3. The summed E-state index contributed by atoms with van der Waals surface area (Å²) in [5.74, 6) is -1.18. The average Bonchev–Trinajstić information content (AvgIpc) is 1.62. The van der Waals surface area contributed by atoms with E-state index in [0.29, 0.717) is 63.2 Å². The SMILES string of the molecule is CN[C@@H](C)C(=O)N[C@H](C(=O)N1CC(C)(C)c2[nH]c(=O)c(Cc3ccc(F)cc3)cc21)[C@H](C)n1cc(COc2ccc(Cc3ccc(OCc4cn([C@@H](C)[C@H](NC(=O)[C@H](C)NC)C(=O)N5CC(C)(C)c6[nH]c(=O)c(Cc7ccc(F)cc7)cc65)nn4)cc3)cc2)nn1. The number of halogens is 2. The largest absolute Gasteiger partial charge is 0.487 e. The lowest BCUT2D eigenvalue weighted by Gasteiger charge is -2.30. The van der Waals surface area contributed by atoms with Gasteiger partial charge in [0.1, 0.15) is 59.8 Å². The summed E-state index contributed by atoms with van der Waals surface area (Å²) >= 11 is 0. The van der Waals surface area contributed by atoms with Crippen LogP contribution >= 0.6 is 0 Å². The Morgan fingerprint density at radius 1 is 0.538 bits per heavy atom. The minimum absolute atomic E-state index is 0.0677. The lowest BCUT2D eigenvalue weighted by atomic mass is 9.91. The van der Waals surface area contributed by atoms with Gasteiger partial charge in [-0.2, -0.15) is 0 Å². The number of pyridine rings is 2. The molecular weight excluding hydrogens is 1170 g/mol. The molecule has 10 rings (SSSR count). The van der Waals surface area contributed by atoms with Crippen LogP contribution in [0, 0.1) is 11.6 Å². The molecule has 4 amide bonds. The molecule has 0 saturated heterocycles. The first kappa shape index (κ1) is 64.3. The van der Waals surface area contributed by atoms with Crippen LogP contribution in [0.25, 0.3) is 0 Å². The molecule has 24 heteroatoms. The molecule has 4 aromatic heterocycles. The molecule has 6 N–H and O–H groups in total. The van der Waals surface area contributed by atoms with E-state index in [4.69, 9.17) is 9.47 Å². The summed E-state index contributed by atoms with van der Waals surface area (Å²) in [6, 6.07) is 25.7. The Bertz CT molecular complexity index is 3810. The maximum atomic E-state index is 14.8. The summed E-state index contributed by atoms with van der Waals surface area (Å²) in [6.07, 6.45) is 4.41. The van der Waals surface area contributed by atoms with Gasteiger partial charge in [0.2, 0.25) is 11.8 Å². The third-order valence-corrected chi connectivity index (χ3v) is 17.1. The molecule has 91 heavy (non-hydrogen) atoms. The molecule has 6 heterocycles. The van der Waals surface area contributed by atoms with Gasteiger partial charge in [0, 0.05) is 59.3 Å². The van der Waals surface area contributed by atoms with Crippen LogP contribution in [0.3, 0.4) is 0 Å². The van der Waals surface area contributed by atoms with E-state index in [-0.39, 0.29) is 61.9 Å². The Kier molecular flexibility index (Phi) is 18.9. The van der Waals surface area contributed by atoms with Crippen LogP contribution < -0.4 is 51.7 Å². The number of amides is 4. The number of aromatic amines is 2. The second kappa shape index (κ2) is 26.8. The number of carbonyl (C=O) groups excluding carboxylic acids is 4. The van der Waals surface area contributed by atoms with Crippen LogP contribution in [-0.2, 0) is 62.5 Å². The number of nitrogens with zero attached hydrogens (tertiary/aromatic N) is 8. The van der Waals surface area contributed by atoms with Gasteiger partial charge in [-0.05, 0) is 131 Å². The number of aromatic nitrogens is 8. The smallest absolute Gasteiger partial charge is 0.251 e. The van der Waals surface area contributed by atoms with Gasteiger partial charge in [0.15, 0.2) is 0 Å². The summed E-state index contributed by atoms with van der Waals surface area (Å²) in [5.41, 5.74) is 5.67. The van der Waals surface area contributed by atoms with Gasteiger partial charge in [-0.25, -0.2) is 18.1 Å². The zero-order valence-electron chi connectivity index (χ0n) is 52.6. The van der Waals surface area contributed by atoms with E-state index >= 15 is 0 Å². The van der Waals surface area contributed by atoms with Crippen molar-refractivity contribution in [3.63, 3.8) is 0 Å². The lowest BCUT2D eigenvalue weighted by molar-refractivity contribution is -0.129. The van der Waals surface area contributed by atoms with Crippen molar-refractivity contribution in [3.8, 4) is 11.5 Å². The molecule has 0 radical (unpaired) electrons. The summed E-state index contributed by atoms with van der Waals surface area (Å²) in [4.78, 5) is 92.6. The van der Waals surface area contributed by atoms with E-state index in [9.17, 15) is 37.5 Å². The summed E-state index contributed by atoms with van der Waals surface area (Å²) < 4.78 is 42.8. The molecule has 0 bridgehead atoms. The van der Waals surface area contributed by atoms with E-state index in [1.807, 2.05) is 76.2 Å². The van der Waals surface area contributed by atoms with Gasteiger partial charge >= 0.3 is 0 Å². The van der Waals surface area contributed by atoms with Crippen molar-refractivity contribution >= 4 is 35.0 Å². The first-order chi connectivity index (χ1) is 43.4. The van der Waals surface area contributed by atoms with Gasteiger partial charge in [0.25, 0.3) is 22.9 Å². The molecule has 6 atom stereocenters. The third kappa shape index (κ3) is 14.5. The van der Waals surface area contributed by atoms with E-state index in [2.05, 4.69) is 51.9 Å². The highest BCUT2D eigenvalue weighted by atomic mass is 19.1. The minimum Gasteiger partial charge on any atom is -0.487 e. The molecule has 2 aliphatic rings. The number of carbonyl (C=O) groups is 4. The van der Waals surface area contributed by atoms with Crippen LogP contribution in [0.1, 0.15) is 124 Å². The second-order valence-electron chi connectivity index (χ2n) is 24.9. The predicted molar refractivity (Wildman–Crippen MR) is 338 cm³/mol. The van der Waals surface area contributed by atoms with Gasteiger partial charge < -0.3 is 50.5 Å². The molecule has 0 saturated carbocycles. The van der Waals surface area contributed by atoms with Crippen molar-refractivity contribution in [2.45, 2.75) is 135 Å². The molecule has 8 aromatic rings. The molecular formula is C67H76F2N14O8. The van der Waals surface area contributed by atoms with Crippen LogP contribution in [0.5, 0.6) is 11.5 Å². The number of likely N-dealkylation sites (N-methyl/N-ethyl adjacent to an activating group) is 2. The molecule has 0 unspecified atom stereocenters. The summed E-state index contributed by atoms with van der Waals surface area (Å²) in [5, 5.41) is 29.2. The normalized spacial score (nSPS) is 15.8. The fourth-order valence-corrected chi connectivity index (χ4v) is 11.3. The number of nitrogens with one attached hydrogen (secondary N) is 6. The highest BCUT2D eigenvalue weighted by Crippen LogP contribution is 2.41. The number of ether oxygens (including phenoxy) is 2. The van der Waals surface area contributed by atoms with E-state index in [0.717, 1.165) is 22.3 Å². The molecule has 476 valence electrons. The van der Waals surface area contributed by atoms with E-state index < -0.39 is 70.7 Å². The number of hydrogen-bond acceptors (Lipinski definition) is 14. The second-order valence-corrected chi connectivity index (χ2v) is 24.9. The Hall–Kier alpha value is -9.68. The summed E-state index contributed by atoms with van der Waals surface area (Å²) in [7, 11) is 3.30. The Morgan fingerprint density at radius 2 is 0.879 bits per heavy atom. The van der Waals surface area contributed by atoms with Crippen molar-refractivity contribution in [1.29, 1.82) is 0 Å². The van der Waals surface area contributed by atoms with Crippen LogP contribution in [0.2, 0.25) is 0 Å². The average molecular weight is 1240 g/mol. The highest BCUT2D eigenvalue weighted by molar-refractivity contribution is 6.03. The zero-order valence-corrected chi connectivity index (χ0v) is 52.6. The fraction of sp³-hybridized carbons (Fsp3) is 0.373. The molecule has 22 nitrogen and oxygen atoms in total. The van der Waals surface area contributed by atoms with Crippen LogP contribution in [-0.4, -0.2) is 115 Å². The predicted octanol–water partition coefficient (Wildman–Crippen LogP) is 6.41. The molecule has 0 spiro atoms. The van der Waals surface area contributed by atoms with Crippen molar-refractivity contribution in [1.82, 2.24) is 61.2 Å². The maximum absolute atomic E-state index is 14.8. The molecule has 0 fully saturated rings. The topological polar surface area (TPSA) is 268 Å². The van der Waals surface area contributed by atoms with Crippen molar-refractivity contribution in [2.75, 3.05) is 37.0 Å². The van der Waals surface area contributed by atoms with Gasteiger partial charge in [-0.15, -0.1) is 10.2 Å². The lowest BCUT2D eigenvalue weighted by Crippen LogP contribution is -2.55. The Morgan fingerprint density at radius 3 is 1.23 bits per heavy atom. The first-order valence-corrected chi connectivity index (χ1v) is 30.2. The van der Waals surface area contributed by atoms with E-state index in [1.165, 1.54) is 33.6 Å². The Balaban J connectivity index is 0.745. The van der Waals surface area contributed by atoms with Gasteiger partial charge in [-0.1, -0.05) is 86.7 Å². The third-order valence-electron chi connectivity index (χ3n) is 17.1. The maximum Gasteiger partial charge on any atom is 0.251 e. The molecule has 2 aliphatic heterocycles. The minimum atomic E-state index is -1.10. The molecule has 4 aromatic carbocycles. The molecule has 0 aliphatic carbocycles. The van der Waals surface area contributed by atoms with Crippen LogP contribution in [0.4, 0.5) is 20.2 Å². The first-order valence-electron chi connectivity index (χ1n) is 30.2. The van der Waals surface area contributed by atoms with Crippen molar-refractivity contribution in [2.24, 2.45) is 0 Å². The Labute approximate surface area is 525 Å². The number of fused-ring (bicyclic) bond motifs is 2. The van der Waals surface area contributed by atoms with Crippen LogP contribution in [0.15, 0.2) is 131 Å². The number of hydrogen-bond donors (Lipinski definition) is 6. The number of benzene rings is 4. The zero-order chi connectivity index (χ0) is 65.1.